The Labute approximate surface area is 276 Å². The van der Waals surface area contributed by atoms with Gasteiger partial charge in [-0.25, -0.2) is 0 Å². The molecule has 0 aliphatic rings. The summed E-state index contributed by atoms with van der Waals surface area (Å²) in [6.07, 6.45) is 9.17. The van der Waals surface area contributed by atoms with Crippen LogP contribution in [0.2, 0.25) is 0 Å². The van der Waals surface area contributed by atoms with Crippen molar-refractivity contribution in [1.82, 2.24) is 0 Å². The van der Waals surface area contributed by atoms with Crippen LogP contribution in [0.15, 0.2) is 0 Å². The molecule has 0 aliphatic carbocycles. The lowest BCUT2D eigenvalue weighted by atomic mass is 9.54. The monoisotopic (exact) mass is 605 g/mol. The van der Waals surface area contributed by atoms with Crippen LogP contribution in [0, 0.1) is 93.7 Å². The van der Waals surface area contributed by atoms with E-state index in [9.17, 15) is 0 Å². The summed E-state index contributed by atoms with van der Waals surface area (Å²) in [6, 6.07) is 0. The lowest BCUT2D eigenvalue weighted by molar-refractivity contribution is -0.0291. The zero-order valence-electron chi connectivity index (χ0n) is 34.0. The van der Waals surface area contributed by atoms with E-state index in [0.717, 1.165) is 82.9 Å². The van der Waals surface area contributed by atoms with Crippen LogP contribution in [0.5, 0.6) is 0 Å². The van der Waals surface area contributed by atoms with Gasteiger partial charge >= 0.3 is 0 Å². The Hall–Kier alpha value is 0. The summed E-state index contributed by atoms with van der Waals surface area (Å²) in [5.74, 6) is 10.9. The summed E-state index contributed by atoms with van der Waals surface area (Å²) in [5.41, 5.74) is 0.715. The molecule has 0 fully saturated rings. The van der Waals surface area contributed by atoms with E-state index in [1.807, 2.05) is 0 Å². The summed E-state index contributed by atoms with van der Waals surface area (Å²) in [5, 5.41) is 0. The highest BCUT2D eigenvalue weighted by molar-refractivity contribution is 4.95. The van der Waals surface area contributed by atoms with Gasteiger partial charge in [-0.2, -0.15) is 0 Å². The lowest BCUT2D eigenvalue weighted by Crippen LogP contribution is -2.45. The van der Waals surface area contributed by atoms with Gasteiger partial charge < -0.3 is 0 Å². The normalized spacial score (nSPS) is 23.2. The minimum Gasteiger partial charge on any atom is -0.0651 e. The largest absolute Gasteiger partial charge is 0.0651 e. The van der Waals surface area contributed by atoms with Gasteiger partial charge in [0.25, 0.3) is 0 Å². The van der Waals surface area contributed by atoms with Crippen LogP contribution < -0.4 is 0 Å². The van der Waals surface area contributed by atoms with Crippen LogP contribution in [0.1, 0.15) is 183 Å². The van der Waals surface area contributed by atoms with Crippen molar-refractivity contribution in [2.45, 2.75) is 183 Å². The van der Waals surface area contributed by atoms with Crippen molar-refractivity contribution in [3.05, 3.63) is 0 Å². The molecule has 0 aliphatic heterocycles. The third-order valence-electron chi connectivity index (χ3n) is 14.9. The first-order valence-electron chi connectivity index (χ1n) is 19.8. The molecule has 0 rings (SSSR count). The molecule has 0 bridgehead atoms. The third-order valence-corrected chi connectivity index (χ3v) is 14.9. The van der Waals surface area contributed by atoms with E-state index in [0.29, 0.717) is 10.8 Å². The maximum absolute atomic E-state index is 2.69. The fourth-order valence-electron chi connectivity index (χ4n) is 11.7. The first kappa shape index (κ1) is 43.0. The smallest absolute Gasteiger partial charge is 0.0293 e. The molecule has 0 aromatic carbocycles. The molecule has 14 atom stereocenters. The second-order valence-electron chi connectivity index (χ2n) is 17.8. The van der Waals surface area contributed by atoms with Gasteiger partial charge in [-0.3, -0.25) is 0 Å². The van der Waals surface area contributed by atoms with Crippen LogP contribution in [0.25, 0.3) is 0 Å². The third kappa shape index (κ3) is 10.5. The van der Waals surface area contributed by atoms with Gasteiger partial charge in [-0.15, -0.1) is 0 Å². The number of rotatable bonds is 21. The van der Waals surface area contributed by atoms with E-state index in [2.05, 4.69) is 138 Å². The number of hydrogen-bond donors (Lipinski definition) is 0. The number of hydrogen-bond acceptors (Lipinski definition) is 0. The lowest BCUT2D eigenvalue weighted by Gasteiger charge is -2.51. The van der Waals surface area contributed by atoms with Crippen LogP contribution >= 0.6 is 0 Å². The second kappa shape index (κ2) is 19.0. The van der Waals surface area contributed by atoms with Crippen molar-refractivity contribution in [3.63, 3.8) is 0 Å². The van der Waals surface area contributed by atoms with Gasteiger partial charge in [0.2, 0.25) is 0 Å². The molecule has 0 heteroatoms. The minimum atomic E-state index is 0.336. The standard InChI is InChI=1S/C43H88/c1-21-28(8)29(9)31(11)36(22-2)34(14)40(26-6)43(19,20)41(27-7)35(15)38(24-4)37(23-3)32(12)30(10)33(13)39(25-5)42(16,17)18/h28-41H,21-27H2,1-20H3. The molecular formula is C43H88. The Bertz CT molecular complexity index is 710. The maximum Gasteiger partial charge on any atom is -0.0293 e. The molecule has 0 saturated heterocycles. The molecule has 0 saturated carbocycles. The average molecular weight is 605 g/mol. The molecule has 0 amide bonds. The molecule has 14 unspecified atom stereocenters. The molecule has 43 heavy (non-hydrogen) atoms. The van der Waals surface area contributed by atoms with E-state index in [1.54, 1.807) is 0 Å². The van der Waals surface area contributed by atoms with Crippen molar-refractivity contribution in [2.75, 3.05) is 0 Å². The molecular weight excluding hydrogens is 516 g/mol. The zero-order chi connectivity index (χ0) is 34.0. The van der Waals surface area contributed by atoms with Crippen molar-refractivity contribution < 1.29 is 0 Å². The van der Waals surface area contributed by atoms with Gasteiger partial charge in [0.05, 0.1) is 0 Å². The van der Waals surface area contributed by atoms with E-state index in [-0.39, 0.29) is 0 Å². The van der Waals surface area contributed by atoms with Crippen LogP contribution in [-0.4, -0.2) is 0 Å². The first-order chi connectivity index (χ1) is 19.8. The Balaban J connectivity index is 6.35. The van der Waals surface area contributed by atoms with Gasteiger partial charge in [-0.05, 0) is 93.7 Å². The molecule has 0 radical (unpaired) electrons. The summed E-state index contributed by atoms with van der Waals surface area (Å²) in [7, 11) is 0. The predicted octanol–water partition coefficient (Wildman–Crippen LogP) is 14.7. The molecule has 0 spiro atoms. The predicted molar refractivity (Wildman–Crippen MR) is 200 cm³/mol. The fourth-order valence-corrected chi connectivity index (χ4v) is 11.7. The molecule has 0 aromatic heterocycles. The zero-order valence-corrected chi connectivity index (χ0v) is 34.0. The summed E-state index contributed by atoms with van der Waals surface area (Å²) >= 11 is 0. The Morgan fingerprint density at radius 3 is 1.00 bits per heavy atom. The van der Waals surface area contributed by atoms with Gasteiger partial charge in [0, 0.05) is 0 Å². The Morgan fingerprint density at radius 1 is 0.326 bits per heavy atom. The van der Waals surface area contributed by atoms with E-state index < -0.39 is 0 Å². The van der Waals surface area contributed by atoms with Gasteiger partial charge in [0.1, 0.15) is 0 Å². The maximum atomic E-state index is 2.69. The van der Waals surface area contributed by atoms with Gasteiger partial charge in [-0.1, -0.05) is 183 Å². The quantitative estimate of drug-likeness (QED) is 0.122. The molecule has 0 aromatic rings. The molecule has 0 N–H and O–H groups in total. The summed E-state index contributed by atoms with van der Waals surface area (Å²) < 4.78 is 0. The summed E-state index contributed by atoms with van der Waals surface area (Å²) in [4.78, 5) is 0. The van der Waals surface area contributed by atoms with E-state index >= 15 is 0 Å². The SMILES string of the molecule is CCC(C)C(C)C(C)C(CC)C(C)C(CC)C(C)(C)C(CC)C(C)C(CC)C(CC)C(C)C(C)C(C)C(CC)C(C)(C)C. The second-order valence-corrected chi connectivity index (χ2v) is 17.8. The minimum absolute atomic E-state index is 0.336. The van der Waals surface area contributed by atoms with E-state index in [4.69, 9.17) is 0 Å². The molecule has 0 nitrogen and oxygen atoms in total. The van der Waals surface area contributed by atoms with E-state index in [1.165, 1.54) is 44.9 Å². The van der Waals surface area contributed by atoms with Crippen LogP contribution in [0.3, 0.4) is 0 Å². The first-order valence-corrected chi connectivity index (χ1v) is 19.8. The topological polar surface area (TPSA) is 0 Å². The molecule has 260 valence electrons. The van der Waals surface area contributed by atoms with Crippen molar-refractivity contribution in [2.24, 2.45) is 93.7 Å². The fraction of sp³-hybridized carbons (Fsp3) is 1.00. The highest BCUT2D eigenvalue weighted by Crippen LogP contribution is 2.53. The van der Waals surface area contributed by atoms with Crippen LogP contribution in [0.4, 0.5) is 0 Å². The Kier molecular flexibility index (Phi) is 19.0. The highest BCUT2D eigenvalue weighted by atomic mass is 14.5. The molecule has 0 heterocycles. The highest BCUT2D eigenvalue weighted by Gasteiger charge is 2.46. The van der Waals surface area contributed by atoms with Crippen LogP contribution in [-0.2, 0) is 0 Å². The average Bonchev–Trinajstić information content (AvgIpc) is 2.94. The van der Waals surface area contributed by atoms with Crippen molar-refractivity contribution in [1.29, 1.82) is 0 Å². The Morgan fingerprint density at radius 2 is 0.674 bits per heavy atom. The van der Waals surface area contributed by atoms with Gasteiger partial charge in [0.15, 0.2) is 0 Å². The summed E-state index contributed by atoms with van der Waals surface area (Å²) in [6.45, 7) is 50.9. The van der Waals surface area contributed by atoms with Crippen molar-refractivity contribution in [3.8, 4) is 0 Å². The van der Waals surface area contributed by atoms with Crippen molar-refractivity contribution >= 4 is 0 Å².